The van der Waals surface area contributed by atoms with Gasteiger partial charge in [0.05, 0.1) is 6.04 Å². The predicted molar refractivity (Wildman–Crippen MR) is 99.0 cm³/mol. The van der Waals surface area contributed by atoms with Crippen molar-refractivity contribution in [1.29, 1.82) is 0 Å². The number of nitrogens with one attached hydrogen (secondary N) is 1. The van der Waals surface area contributed by atoms with E-state index in [1.165, 1.54) is 0 Å². The monoisotopic (exact) mass is 354 g/mol. The summed E-state index contributed by atoms with van der Waals surface area (Å²) in [5.74, 6) is 0.930. The van der Waals surface area contributed by atoms with Crippen molar-refractivity contribution < 1.29 is 9.59 Å². The van der Waals surface area contributed by atoms with Crippen molar-refractivity contribution in [2.75, 3.05) is 13.1 Å². The number of H-pyrrole nitrogens is 1. The maximum Gasteiger partial charge on any atom is 0.224 e. The van der Waals surface area contributed by atoms with Gasteiger partial charge in [-0.15, -0.1) is 0 Å². The van der Waals surface area contributed by atoms with Crippen LogP contribution in [0.1, 0.15) is 50.0 Å². The lowest BCUT2D eigenvalue weighted by molar-refractivity contribution is -0.136. The van der Waals surface area contributed by atoms with Crippen LogP contribution in [0.3, 0.4) is 0 Å². The molecule has 0 spiro atoms. The van der Waals surface area contributed by atoms with Crippen LogP contribution in [0.2, 0.25) is 0 Å². The van der Waals surface area contributed by atoms with Gasteiger partial charge in [-0.1, -0.05) is 30.3 Å². The van der Waals surface area contributed by atoms with Gasteiger partial charge in [-0.05, 0) is 24.8 Å². The predicted octanol–water partition coefficient (Wildman–Crippen LogP) is 2.90. The Morgan fingerprint density at radius 1 is 1.27 bits per heavy atom. The van der Waals surface area contributed by atoms with Crippen molar-refractivity contribution in [1.82, 2.24) is 19.8 Å². The van der Waals surface area contributed by atoms with E-state index in [1.54, 1.807) is 24.2 Å². The normalized spacial score (nSPS) is 17.1. The van der Waals surface area contributed by atoms with Gasteiger partial charge < -0.3 is 14.8 Å². The fourth-order valence-corrected chi connectivity index (χ4v) is 3.50. The number of piperidine rings is 1. The summed E-state index contributed by atoms with van der Waals surface area (Å²) in [5, 5.41) is 0. The summed E-state index contributed by atoms with van der Waals surface area (Å²) in [4.78, 5) is 35.9. The standard InChI is InChI=1S/C20H26N4O2/c1-16(25)23(15-17-7-3-2-4-8-17)14-10-19(26)24-13-6-5-9-18(24)20-21-11-12-22-20/h2-4,7-8,11-12,18H,5-6,9-10,13-15H2,1H3,(H,21,22). The minimum atomic E-state index is -0.0112. The Kier molecular flexibility index (Phi) is 6.04. The van der Waals surface area contributed by atoms with E-state index >= 15 is 0 Å². The molecular formula is C20H26N4O2. The Labute approximate surface area is 154 Å². The van der Waals surface area contributed by atoms with Gasteiger partial charge in [-0.2, -0.15) is 0 Å². The van der Waals surface area contributed by atoms with Crippen LogP contribution in [0.5, 0.6) is 0 Å². The highest BCUT2D eigenvalue weighted by Crippen LogP contribution is 2.29. The number of aromatic amines is 1. The number of imidazole rings is 1. The maximum atomic E-state index is 12.8. The first kappa shape index (κ1) is 18.2. The second-order valence-corrected chi connectivity index (χ2v) is 6.75. The molecule has 1 fully saturated rings. The number of aromatic nitrogens is 2. The van der Waals surface area contributed by atoms with Crippen LogP contribution < -0.4 is 0 Å². The fourth-order valence-electron chi connectivity index (χ4n) is 3.50. The van der Waals surface area contributed by atoms with Crippen molar-refractivity contribution in [3.05, 3.63) is 54.1 Å². The van der Waals surface area contributed by atoms with E-state index in [0.717, 1.165) is 37.2 Å². The van der Waals surface area contributed by atoms with E-state index < -0.39 is 0 Å². The van der Waals surface area contributed by atoms with E-state index in [-0.39, 0.29) is 17.9 Å². The van der Waals surface area contributed by atoms with Crippen LogP contribution in [-0.4, -0.2) is 44.7 Å². The zero-order valence-corrected chi connectivity index (χ0v) is 15.2. The summed E-state index contributed by atoms with van der Waals surface area (Å²) in [7, 11) is 0. The SMILES string of the molecule is CC(=O)N(CCC(=O)N1CCCCC1c1ncc[nH]1)Cc1ccccc1. The Morgan fingerprint density at radius 2 is 2.08 bits per heavy atom. The number of carbonyl (C=O) groups is 2. The molecule has 0 bridgehead atoms. The number of likely N-dealkylation sites (tertiary alicyclic amines) is 1. The minimum absolute atomic E-state index is 0.0112. The van der Waals surface area contributed by atoms with E-state index in [1.807, 2.05) is 35.2 Å². The molecule has 1 aliphatic heterocycles. The van der Waals surface area contributed by atoms with E-state index in [9.17, 15) is 9.59 Å². The van der Waals surface area contributed by atoms with E-state index in [0.29, 0.717) is 19.5 Å². The Hall–Kier alpha value is -2.63. The van der Waals surface area contributed by atoms with Crippen LogP contribution in [0.25, 0.3) is 0 Å². The highest BCUT2D eigenvalue weighted by molar-refractivity contribution is 5.78. The van der Waals surface area contributed by atoms with Gasteiger partial charge in [0.25, 0.3) is 0 Å². The molecule has 1 aliphatic rings. The molecule has 6 heteroatoms. The second-order valence-electron chi connectivity index (χ2n) is 6.75. The molecule has 2 amide bonds. The molecule has 26 heavy (non-hydrogen) atoms. The number of nitrogens with zero attached hydrogens (tertiary/aromatic N) is 3. The molecule has 2 heterocycles. The summed E-state index contributed by atoms with van der Waals surface area (Å²) < 4.78 is 0. The van der Waals surface area contributed by atoms with Crippen molar-refractivity contribution in [3.8, 4) is 0 Å². The van der Waals surface area contributed by atoms with Gasteiger partial charge in [-0.3, -0.25) is 9.59 Å². The molecule has 0 radical (unpaired) electrons. The van der Waals surface area contributed by atoms with Crippen LogP contribution >= 0.6 is 0 Å². The molecule has 3 rings (SSSR count). The summed E-state index contributed by atoms with van der Waals surface area (Å²) in [6.45, 7) is 3.28. The molecule has 138 valence electrons. The molecule has 1 saturated heterocycles. The van der Waals surface area contributed by atoms with Gasteiger partial charge in [0.1, 0.15) is 5.82 Å². The summed E-state index contributed by atoms with van der Waals surface area (Å²) in [6, 6.07) is 9.88. The zero-order valence-electron chi connectivity index (χ0n) is 15.2. The van der Waals surface area contributed by atoms with E-state index in [4.69, 9.17) is 0 Å². The third-order valence-corrected chi connectivity index (χ3v) is 4.92. The first-order valence-electron chi connectivity index (χ1n) is 9.23. The largest absolute Gasteiger partial charge is 0.347 e. The van der Waals surface area contributed by atoms with E-state index in [2.05, 4.69) is 9.97 Å². The quantitative estimate of drug-likeness (QED) is 0.867. The lowest BCUT2D eigenvalue weighted by Gasteiger charge is -2.35. The van der Waals surface area contributed by atoms with Gasteiger partial charge >= 0.3 is 0 Å². The average molecular weight is 354 g/mol. The maximum absolute atomic E-state index is 12.8. The van der Waals surface area contributed by atoms with Crippen molar-refractivity contribution >= 4 is 11.8 Å². The molecule has 1 atom stereocenters. The minimum Gasteiger partial charge on any atom is -0.347 e. The number of carbonyl (C=O) groups excluding carboxylic acids is 2. The topological polar surface area (TPSA) is 69.3 Å². The first-order valence-corrected chi connectivity index (χ1v) is 9.23. The van der Waals surface area contributed by atoms with Crippen LogP contribution in [0.15, 0.2) is 42.7 Å². The number of rotatable bonds is 6. The Balaban J connectivity index is 1.61. The van der Waals surface area contributed by atoms with Crippen LogP contribution in [-0.2, 0) is 16.1 Å². The first-order chi connectivity index (χ1) is 12.6. The highest BCUT2D eigenvalue weighted by atomic mass is 16.2. The summed E-state index contributed by atoms with van der Waals surface area (Å²) >= 11 is 0. The van der Waals surface area contributed by atoms with Gasteiger partial charge in [-0.25, -0.2) is 4.98 Å². The molecule has 0 aliphatic carbocycles. The van der Waals surface area contributed by atoms with Crippen LogP contribution in [0.4, 0.5) is 0 Å². The smallest absolute Gasteiger partial charge is 0.224 e. The third-order valence-electron chi connectivity index (χ3n) is 4.92. The molecular weight excluding hydrogens is 328 g/mol. The highest BCUT2D eigenvalue weighted by Gasteiger charge is 2.29. The Bertz CT molecular complexity index is 715. The lowest BCUT2D eigenvalue weighted by atomic mass is 10.0. The molecule has 1 aromatic heterocycles. The summed E-state index contributed by atoms with van der Waals surface area (Å²) in [6.07, 6.45) is 6.91. The van der Waals surface area contributed by atoms with Crippen molar-refractivity contribution in [3.63, 3.8) is 0 Å². The zero-order chi connectivity index (χ0) is 18.4. The number of benzene rings is 1. The molecule has 1 N–H and O–H groups in total. The molecule has 1 aromatic carbocycles. The molecule has 1 unspecified atom stereocenters. The van der Waals surface area contributed by atoms with Crippen molar-refractivity contribution in [2.24, 2.45) is 0 Å². The molecule has 6 nitrogen and oxygen atoms in total. The second kappa shape index (κ2) is 8.65. The summed E-state index contributed by atoms with van der Waals surface area (Å²) in [5.41, 5.74) is 1.07. The number of amides is 2. The van der Waals surface area contributed by atoms with Gasteiger partial charge in [0, 0.05) is 45.4 Å². The van der Waals surface area contributed by atoms with Gasteiger partial charge in [0.2, 0.25) is 11.8 Å². The van der Waals surface area contributed by atoms with Crippen molar-refractivity contribution in [2.45, 2.75) is 45.2 Å². The fraction of sp³-hybridized carbons (Fsp3) is 0.450. The lowest BCUT2D eigenvalue weighted by Crippen LogP contribution is -2.41. The van der Waals surface area contributed by atoms with Gasteiger partial charge in [0.15, 0.2) is 0 Å². The molecule has 0 saturated carbocycles. The van der Waals surface area contributed by atoms with Crippen LogP contribution in [0, 0.1) is 0 Å². The third kappa shape index (κ3) is 4.50. The number of hydrogen-bond acceptors (Lipinski definition) is 3. The number of hydrogen-bond donors (Lipinski definition) is 1. The average Bonchev–Trinajstić information content (AvgIpc) is 3.20. The molecule has 2 aromatic rings. The Morgan fingerprint density at radius 3 is 2.77 bits per heavy atom.